The molecule has 1 fully saturated rings. The number of ether oxygens (including phenoxy) is 1. The summed E-state index contributed by atoms with van der Waals surface area (Å²) in [5.74, 6) is -0.329. The zero-order valence-corrected chi connectivity index (χ0v) is 11.2. The monoisotopic (exact) mass is 277 g/mol. The molecular weight excluding hydrogens is 258 g/mol. The Balaban J connectivity index is 1.91. The van der Waals surface area contributed by atoms with Crippen LogP contribution in [0.4, 0.5) is 5.69 Å². The largest absolute Gasteiger partial charge is 0.368 e. The number of carbonyl (C=O) groups excluding carboxylic acids is 2. The molecule has 1 aromatic carbocycles. The van der Waals surface area contributed by atoms with E-state index in [1.807, 2.05) is 18.2 Å². The SMILES string of the molecule is NCC(=O)NCc1cccc(NC(=O)C2CCCO2)c1. The molecule has 6 nitrogen and oxygen atoms in total. The van der Waals surface area contributed by atoms with Crippen molar-refractivity contribution in [3.05, 3.63) is 29.8 Å². The standard InChI is InChI=1S/C14H19N3O3/c15-8-13(18)16-9-10-3-1-4-11(7-10)17-14(19)12-5-2-6-20-12/h1,3-4,7,12H,2,5-6,8-9,15H2,(H,16,18)(H,17,19). The van der Waals surface area contributed by atoms with Crippen molar-refractivity contribution in [3.8, 4) is 0 Å². The number of rotatable bonds is 5. The molecule has 20 heavy (non-hydrogen) atoms. The zero-order valence-electron chi connectivity index (χ0n) is 11.2. The van der Waals surface area contributed by atoms with Crippen LogP contribution in [-0.2, 0) is 20.9 Å². The number of nitrogens with two attached hydrogens (primary N) is 1. The molecule has 0 aromatic heterocycles. The molecule has 2 amide bonds. The van der Waals surface area contributed by atoms with Crippen LogP contribution in [0.15, 0.2) is 24.3 Å². The van der Waals surface area contributed by atoms with Gasteiger partial charge in [0.25, 0.3) is 5.91 Å². The predicted molar refractivity (Wildman–Crippen MR) is 74.9 cm³/mol. The Bertz CT molecular complexity index is 484. The van der Waals surface area contributed by atoms with Gasteiger partial charge in [-0.15, -0.1) is 0 Å². The summed E-state index contributed by atoms with van der Waals surface area (Å²) in [7, 11) is 0. The maximum Gasteiger partial charge on any atom is 0.253 e. The van der Waals surface area contributed by atoms with Gasteiger partial charge in [-0.2, -0.15) is 0 Å². The highest BCUT2D eigenvalue weighted by Crippen LogP contribution is 2.16. The second-order valence-electron chi connectivity index (χ2n) is 4.67. The highest BCUT2D eigenvalue weighted by Gasteiger charge is 2.23. The van der Waals surface area contributed by atoms with Crippen LogP contribution < -0.4 is 16.4 Å². The molecule has 1 atom stereocenters. The van der Waals surface area contributed by atoms with E-state index < -0.39 is 0 Å². The summed E-state index contributed by atoms with van der Waals surface area (Å²) in [5.41, 5.74) is 6.82. The smallest absolute Gasteiger partial charge is 0.253 e. The Labute approximate surface area is 117 Å². The highest BCUT2D eigenvalue weighted by atomic mass is 16.5. The molecule has 1 saturated heterocycles. The van der Waals surface area contributed by atoms with Crippen molar-refractivity contribution in [1.29, 1.82) is 0 Å². The second-order valence-corrected chi connectivity index (χ2v) is 4.67. The number of hydrogen-bond acceptors (Lipinski definition) is 4. The summed E-state index contributed by atoms with van der Waals surface area (Å²) in [6, 6.07) is 7.33. The lowest BCUT2D eigenvalue weighted by Crippen LogP contribution is -2.29. The first-order valence-electron chi connectivity index (χ1n) is 6.67. The van der Waals surface area contributed by atoms with E-state index in [-0.39, 0.29) is 24.5 Å². The van der Waals surface area contributed by atoms with Crippen LogP contribution in [-0.4, -0.2) is 31.1 Å². The van der Waals surface area contributed by atoms with Crippen molar-refractivity contribution >= 4 is 17.5 Å². The lowest BCUT2D eigenvalue weighted by Gasteiger charge is -2.11. The average Bonchev–Trinajstić information content (AvgIpc) is 2.99. The van der Waals surface area contributed by atoms with E-state index in [1.54, 1.807) is 6.07 Å². The minimum Gasteiger partial charge on any atom is -0.368 e. The molecule has 1 aliphatic heterocycles. The van der Waals surface area contributed by atoms with Gasteiger partial charge in [0.15, 0.2) is 0 Å². The van der Waals surface area contributed by atoms with Gasteiger partial charge in [0.05, 0.1) is 6.54 Å². The van der Waals surface area contributed by atoms with Crippen molar-refractivity contribution in [2.75, 3.05) is 18.5 Å². The van der Waals surface area contributed by atoms with Gasteiger partial charge >= 0.3 is 0 Å². The number of anilines is 1. The predicted octanol–water partition coefficient (Wildman–Crippen LogP) is 0.379. The van der Waals surface area contributed by atoms with Gasteiger partial charge in [0, 0.05) is 18.8 Å². The Kier molecular flexibility index (Phi) is 5.09. The minimum absolute atomic E-state index is 0.0323. The minimum atomic E-state index is -0.351. The maximum atomic E-state index is 11.9. The molecule has 1 aliphatic rings. The maximum absolute atomic E-state index is 11.9. The van der Waals surface area contributed by atoms with E-state index in [2.05, 4.69) is 10.6 Å². The molecule has 1 aromatic rings. The number of carbonyl (C=O) groups is 2. The molecular formula is C14H19N3O3. The topological polar surface area (TPSA) is 93.5 Å². The fourth-order valence-corrected chi connectivity index (χ4v) is 2.04. The van der Waals surface area contributed by atoms with Crippen LogP contribution in [0, 0.1) is 0 Å². The van der Waals surface area contributed by atoms with Gasteiger partial charge < -0.3 is 21.1 Å². The third-order valence-corrected chi connectivity index (χ3v) is 3.09. The van der Waals surface area contributed by atoms with Crippen molar-refractivity contribution < 1.29 is 14.3 Å². The molecule has 0 spiro atoms. The molecule has 6 heteroatoms. The summed E-state index contributed by atoms with van der Waals surface area (Å²) in [4.78, 5) is 23.0. The van der Waals surface area contributed by atoms with E-state index in [0.717, 1.165) is 18.4 Å². The molecule has 0 radical (unpaired) electrons. The molecule has 0 bridgehead atoms. The summed E-state index contributed by atoms with van der Waals surface area (Å²) in [6.45, 7) is 0.998. The highest BCUT2D eigenvalue weighted by molar-refractivity contribution is 5.94. The Morgan fingerprint density at radius 1 is 1.40 bits per heavy atom. The van der Waals surface area contributed by atoms with Crippen molar-refractivity contribution in [1.82, 2.24) is 5.32 Å². The molecule has 1 unspecified atom stereocenters. The fourth-order valence-electron chi connectivity index (χ4n) is 2.04. The third kappa shape index (κ3) is 4.04. The quantitative estimate of drug-likeness (QED) is 0.725. The van der Waals surface area contributed by atoms with Crippen molar-refractivity contribution in [2.24, 2.45) is 5.73 Å². The van der Waals surface area contributed by atoms with Gasteiger partial charge in [-0.1, -0.05) is 12.1 Å². The lowest BCUT2D eigenvalue weighted by atomic mass is 10.2. The number of hydrogen-bond donors (Lipinski definition) is 3. The van der Waals surface area contributed by atoms with E-state index in [1.165, 1.54) is 0 Å². The van der Waals surface area contributed by atoms with Gasteiger partial charge in [0.2, 0.25) is 5.91 Å². The van der Waals surface area contributed by atoms with Gasteiger partial charge in [-0.25, -0.2) is 0 Å². The first-order valence-corrected chi connectivity index (χ1v) is 6.67. The number of amides is 2. The Morgan fingerprint density at radius 2 is 2.25 bits per heavy atom. The fraction of sp³-hybridized carbons (Fsp3) is 0.429. The first-order chi connectivity index (χ1) is 9.69. The van der Waals surface area contributed by atoms with Gasteiger partial charge in [0.1, 0.15) is 6.10 Å². The number of benzene rings is 1. The molecule has 0 aliphatic carbocycles. The first kappa shape index (κ1) is 14.5. The number of nitrogens with one attached hydrogen (secondary N) is 2. The van der Waals surface area contributed by atoms with Crippen LogP contribution in [0.5, 0.6) is 0 Å². The van der Waals surface area contributed by atoms with E-state index in [4.69, 9.17) is 10.5 Å². The second kappa shape index (κ2) is 7.02. The Hall–Kier alpha value is -1.92. The summed E-state index contributed by atoms with van der Waals surface area (Å²) in [6.07, 6.45) is 1.33. The third-order valence-electron chi connectivity index (χ3n) is 3.09. The normalized spacial score (nSPS) is 17.8. The van der Waals surface area contributed by atoms with Crippen molar-refractivity contribution in [2.45, 2.75) is 25.5 Å². The van der Waals surface area contributed by atoms with Crippen LogP contribution in [0.3, 0.4) is 0 Å². The van der Waals surface area contributed by atoms with E-state index in [0.29, 0.717) is 18.8 Å². The zero-order chi connectivity index (χ0) is 14.4. The van der Waals surface area contributed by atoms with Crippen LogP contribution in [0.2, 0.25) is 0 Å². The van der Waals surface area contributed by atoms with Crippen LogP contribution >= 0.6 is 0 Å². The summed E-state index contributed by atoms with van der Waals surface area (Å²) in [5, 5.41) is 5.51. The van der Waals surface area contributed by atoms with E-state index >= 15 is 0 Å². The molecule has 2 rings (SSSR count). The molecule has 0 saturated carbocycles. The summed E-state index contributed by atoms with van der Waals surface area (Å²) >= 11 is 0. The van der Waals surface area contributed by atoms with Crippen LogP contribution in [0.1, 0.15) is 18.4 Å². The lowest BCUT2D eigenvalue weighted by molar-refractivity contribution is -0.124. The van der Waals surface area contributed by atoms with Crippen molar-refractivity contribution in [3.63, 3.8) is 0 Å². The molecule has 1 heterocycles. The molecule has 108 valence electrons. The summed E-state index contributed by atoms with van der Waals surface area (Å²) < 4.78 is 5.33. The molecule has 4 N–H and O–H groups in total. The Morgan fingerprint density at radius 3 is 2.95 bits per heavy atom. The van der Waals surface area contributed by atoms with Gasteiger partial charge in [-0.05, 0) is 30.5 Å². The van der Waals surface area contributed by atoms with Gasteiger partial charge in [-0.3, -0.25) is 9.59 Å². The average molecular weight is 277 g/mol. The van der Waals surface area contributed by atoms with Crippen LogP contribution in [0.25, 0.3) is 0 Å². The van der Waals surface area contributed by atoms with E-state index in [9.17, 15) is 9.59 Å².